The molecule has 0 aliphatic heterocycles. The zero-order valence-corrected chi connectivity index (χ0v) is 11.5. The Balaban J connectivity index is 3.51. The minimum absolute atomic E-state index is 0.0692. The number of hydrogen-bond acceptors (Lipinski definition) is 3. The summed E-state index contributed by atoms with van der Waals surface area (Å²) < 4.78 is 44.0. The number of alkyl halides is 4. The van der Waals surface area contributed by atoms with Gasteiger partial charge in [0.05, 0.1) is 23.1 Å². The van der Waals surface area contributed by atoms with Gasteiger partial charge in [-0.15, -0.1) is 11.6 Å². The molecule has 0 aliphatic rings. The summed E-state index contributed by atoms with van der Waals surface area (Å²) in [5.74, 6) is -2.03. The third-order valence-corrected chi connectivity index (χ3v) is 2.67. The van der Waals surface area contributed by atoms with Gasteiger partial charge >= 0.3 is 12.1 Å². The molecule has 0 heterocycles. The number of esters is 1. The number of halogens is 4. The van der Waals surface area contributed by atoms with Gasteiger partial charge in [0.15, 0.2) is 5.78 Å². The number of ether oxygens (including phenoxy) is 1. The standard InChI is InChI=1S/C13H12ClF3O3/c1-3-20-12(19)9-6-4-5-8(11(18)7(2)14)10(9)13(15,16)17/h4-7H,3H2,1-2H3. The summed E-state index contributed by atoms with van der Waals surface area (Å²) in [4.78, 5) is 23.4. The SMILES string of the molecule is CCOC(=O)c1cccc(C(=O)C(C)Cl)c1C(F)(F)F. The quantitative estimate of drug-likeness (QED) is 0.484. The smallest absolute Gasteiger partial charge is 0.417 e. The van der Waals surface area contributed by atoms with Crippen molar-refractivity contribution >= 4 is 23.4 Å². The van der Waals surface area contributed by atoms with Crippen LogP contribution in [0, 0.1) is 0 Å². The summed E-state index contributed by atoms with van der Waals surface area (Å²) in [6, 6.07) is 3.15. The lowest BCUT2D eigenvalue weighted by Crippen LogP contribution is -2.22. The molecule has 0 amide bonds. The molecular formula is C13H12ClF3O3. The Morgan fingerprint density at radius 1 is 1.30 bits per heavy atom. The van der Waals surface area contributed by atoms with E-state index in [0.29, 0.717) is 0 Å². The monoisotopic (exact) mass is 308 g/mol. The first-order valence-corrected chi connectivity index (χ1v) is 6.19. The molecule has 110 valence electrons. The Morgan fingerprint density at radius 2 is 1.85 bits per heavy atom. The Kier molecular flexibility index (Phi) is 5.16. The first-order chi connectivity index (χ1) is 9.20. The highest BCUT2D eigenvalue weighted by Crippen LogP contribution is 2.36. The zero-order valence-electron chi connectivity index (χ0n) is 10.8. The maximum atomic E-state index is 13.1. The van der Waals surface area contributed by atoms with Crippen molar-refractivity contribution in [3.05, 3.63) is 34.9 Å². The van der Waals surface area contributed by atoms with Crippen molar-refractivity contribution in [3.8, 4) is 0 Å². The van der Waals surface area contributed by atoms with Crippen molar-refractivity contribution in [3.63, 3.8) is 0 Å². The van der Waals surface area contributed by atoms with E-state index in [9.17, 15) is 22.8 Å². The maximum Gasteiger partial charge on any atom is 0.417 e. The molecule has 0 aromatic heterocycles. The molecule has 0 radical (unpaired) electrons. The highest BCUT2D eigenvalue weighted by Gasteiger charge is 2.40. The van der Waals surface area contributed by atoms with E-state index in [1.54, 1.807) is 0 Å². The van der Waals surface area contributed by atoms with Crippen LogP contribution in [0.5, 0.6) is 0 Å². The molecule has 1 rings (SSSR count). The van der Waals surface area contributed by atoms with Gasteiger partial charge in [0, 0.05) is 5.56 Å². The lowest BCUT2D eigenvalue weighted by Gasteiger charge is -2.16. The summed E-state index contributed by atoms with van der Waals surface area (Å²) in [7, 11) is 0. The molecule has 1 unspecified atom stereocenters. The van der Waals surface area contributed by atoms with E-state index in [1.165, 1.54) is 19.9 Å². The van der Waals surface area contributed by atoms with E-state index in [2.05, 4.69) is 4.74 Å². The number of carbonyl (C=O) groups excluding carboxylic acids is 2. The van der Waals surface area contributed by atoms with Gasteiger partial charge in [-0.3, -0.25) is 4.79 Å². The van der Waals surface area contributed by atoms with E-state index in [0.717, 1.165) is 12.1 Å². The summed E-state index contributed by atoms with van der Waals surface area (Å²) in [6.45, 7) is 2.67. The van der Waals surface area contributed by atoms with Crippen molar-refractivity contribution in [2.75, 3.05) is 6.61 Å². The van der Waals surface area contributed by atoms with Crippen LogP contribution in [0.1, 0.15) is 40.1 Å². The van der Waals surface area contributed by atoms with Crippen molar-refractivity contribution < 1.29 is 27.5 Å². The van der Waals surface area contributed by atoms with Gasteiger partial charge in [0.25, 0.3) is 0 Å². The van der Waals surface area contributed by atoms with Crippen LogP contribution in [0.2, 0.25) is 0 Å². The molecule has 20 heavy (non-hydrogen) atoms. The molecule has 0 N–H and O–H groups in total. The average molecular weight is 309 g/mol. The van der Waals surface area contributed by atoms with E-state index < -0.39 is 40.0 Å². The van der Waals surface area contributed by atoms with Crippen molar-refractivity contribution in [1.29, 1.82) is 0 Å². The van der Waals surface area contributed by atoms with E-state index >= 15 is 0 Å². The van der Waals surface area contributed by atoms with Crippen LogP contribution in [-0.4, -0.2) is 23.7 Å². The Hall–Kier alpha value is -1.56. The number of ketones is 1. The van der Waals surface area contributed by atoms with Crippen LogP contribution in [-0.2, 0) is 10.9 Å². The minimum Gasteiger partial charge on any atom is -0.462 e. The molecule has 0 saturated carbocycles. The summed E-state index contributed by atoms with van der Waals surface area (Å²) in [5.41, 5.74) is -2.64. The molecule has 1 aromatic rings. The normalized spacial score (nSPS) is 12.9. The predicted octanol–water partition coefficient (Wildman–Crippen LogP) is 3.69. The number of Topliss-reactive ketones (excluding diaryl/α,β-unsaturated/α-hetero) is 1. The Morgan fingerprint density at radius 3 is 2.30 bits per heavy atom. The van der Waals surface area contributed by atoms with Crippen molar-refractivity contribution in [1.82, 2.24) is 0 Å². The average Bonchev–Trinajstić information content (AvgIpc) is 2.36. The third-order valence-electron chi connectivity index (χ3n) is 2.47. The second-order valence-corrected chi connectivity index (χ2v) is 4.58. The highest BCUT2D eigenvalue weighted by molar-refractivity contribution is 6.33. The van der Waals surface area contributed by atoms with Gasteiger partial charge in [0.2, 0.25) is 0 Å². The van der Waals surface area contributed by atoms with Crippen LogP contribution in [0.15, 0.2) is 18.2 Å². The van der Waals surface area contributed by atoms with E-state index in [1.807, 2.05) is 0 Å². The zero-order chi connectivity index (χ0) is 15.5. The summed E-state index contributed by atoms with van der Waals surface area (Å²) in [6.07, 6.45) is -4.86. The third kappa shape index (κ3) is 3.50. The number of carbonyl (C=O) groups is 2. The van der Waals surface area contributed by atoms with Gasteiger partial charge < -0.3 is 4.74 Å². The van der Waals surface area contributed by atoms with Crippen LogP contribution >= 0.6 is 11.6 Å². The number of benzene rings is 1. The second kappa shape index (κ2) is 6.26. The van der Waals surface area contributed by atoms with Crippen LogP contribution < -0.4 is 0 Å². The van der Waals surface area contributed by atoms with Crippen LogP contribution in [0.25, 0.3) is 0 Å². The Bertz CT molecular complexity index is 524. The molecule has 1 atom stereocenters. The number of rotatable bonds is 4. The van der Waals surface area contributed by atoms with E-state index in [4.69, 9.17) is 11.6 Å². The largest absolute Gasteiger partial charge is 0.462 e. The fraction of sp³-hybridized carbons (Fsp3) is 0.385. The van der Waals surface area contributed by atoms with Crippen LogP contribution in [0.4, 0.5) is 13.2 Å². The summed E-state index contributed by atoms with van der Waals surface area (Å²) in [5, 5.41) is -1.13. The lowest BCUT2D eigenvalue weighted by molar-refractivity contribution is -0.138. The van der Waals surface area contributed by atoms with Crippen LogP contribution in [0.3, 0.4) is 0 Å². The molecule has 3 nitrogen and oxygen atoms in total. The first kappa shape index (κ1) is 16.5. The fourth-order valence-corrected chi connectivity index (χ4v) is 1.77. The first-order valence-electron chi connectivity index (χ1n) is 5.75. The molecule has 7 heteroatoms. The Labute approximate surface area is 118 Å². The van der Waals surface area contributed by atoms with Gasteiger partial charge in [-0.25, -0.2) is 4.79 Å². The minimum atomic E-state index is -4.86. The molecule has 0 bridgehead atoms. The van der Waals surface area contributed by atoms with Crippen molar-refractivity contribution in [2.24, 2.45) is 0 Å². The fourth-order valence-electron chi connectivity index (χ4n) is 1.66. The van der Waals surface area contributed by atoms with Gasteiger partial charge in [0.1, 0.15) is 0 Å². The highest BCUT2D eigenvalue weighted by atomic mass is 35.5. The summed E-state index contributed by atoms with van der Waals surface area (Å²) >= 11 is 5.54. The topological polar surface area (TPSA) is 43.4 Å². The maximum absolute atomic E-state index is 13.1. The molecule has 0 aliphatic carbocycles. The molecule has 1 aromatic carbocycles. The van der Waals surface area contributed by atoms with Gasteiger partial charge in [-0.2, -0.15) is 13.2 Å². The van der Waals surface area contributed by atoms with Gasteiger partial charge in [-0.1, -0.05) is 12.1 Å². The second-order valence-electron chi connectivity index (χ2n) is 3.93. The van der Waals surface area contributed by atoms with Gasteiger partial charge in [-0.05, 0) is 19.9 Å². The van der Waals surface area contributed by atoms with E-state index in [-0.39, 0.29) is 6.61 Å². The molecule has 0 fully saturated rings. The predicted molar refractivity (Wildman–Crippen MR) is 67.0 cm³/mol. The lowest BCUT2D eigenvalue weighted by atomic mass is 9.96. The van der Waals surface area contributed by atoms with Crippen molar-refractivity contribution in [2.45, 2.75) is 25.4 Å². The molecule has 0 spiro atoms. The molecular weight excluding hydrogens is 297 g/mol. The number of hydrogen-bond donors (Lipinski definition) is 0. The molecule has 0 saturated heterocycles.